The van der Waals surface area contributed by atoms with Crippen LogP contribution in [0.1, 0.15) is 19.4 Å². The lowest BCUT2D eigenvalue weighted by Gasteiger charge is -1.98. The molecule has 0 spiro atoms. The Morgan fingerprint density at radius 1 is 1.47 bits per heavy atom. The number of hydrogen-bond donors (Lipinski definition) is 1. The summed E-state index contributed by atoms with van der Waals surface area (Å²) in [6, 6.07) is 8.67. The number of nitriles is 1. The molecule has 86 valence electrons. The Hall–Kier alpha value is -2.41. The van der Waals surface area contributed by atoms with Gasteiger partial charge in [0.2, 0.25) is 0 Å². The molecule has 4 heteroatoms. The minimum atomic E-state index is -0.259. The summed E-state index contributed by atoms with van der Waals surface area (Å²) < 4.78 is 0. The molecule has 0 aliphatic carbocycles. The molecule has 0 bridgehead atoms. The first-order valence-corrected chi connectivity index (χ1v) is 4.99. The first-order valence-electron chi connectivity index (χ1n) is 4.99. The molecular formula is C13H12N2O2. The van der Waals surface area contributed by atoms with E-state index in [9.17, 15) is 9.90 Å². The lowest BCUT2D eigenvalue weighted by atomic mass is 10.2. The number of aliphatic hydroxyl groups is 1. The molecule has 0 amide bonds. The van der Waals surface area contributed by atoms with Crippen molar-refractivity contribution in [3.8, 4) is 6.07 Å². The molecule has 0 aliphatic rings. The number of rotatable bonds is 3. The number of carbonyl (C=O) groups excluding carboxylic acids is 1. The summed E-state index contributed by atoms with van der Waals surface area (Å²) in [6.45, 7) is 2.78. The summed E-state index contributed by atoms with van der Waals surface area (Å²) in [6.07, 6.45) is 1.30. The molecule has 1 aromatic carbocycles. The van der Waals surface area contributed by atoms with Gasteiger partial charge in [0.05, 0.1) is 22.9 Å². The second-order valence-electron chi connectivity index (χ2n) is 3.48. The van der Waals surface area contributed by atoms with Gasteiger partial charge in [-0.05, 0) is 32.0 Å². The molecular weight excluding hydrogens is 216 g/mol. The monoisotopic (exact) mass is 228 g/mol. The fraction of sp³-hybridized carbons (Fsp3) is 0.154. The zero-order chi connectivity index (χ0) is 12.8. The number of hydrogen-bond acceptors (Lipinski definition) is 4. The Kier molecular flexibility index (Phi) is 4.18. The van der Waals surface area contributed by atoms with Gasteiger partial charge in [0.25, 0.3) is 0 Å². The first-order chi connectivity index (χ1) is 8.04. The summed E-state index contributed by atoms with van der Waals surface area (Å²) in [5.41, 5.74) is 1.21. The molecule has 0 heterocycles. The minimum absolute atomic E-state index is 0.0716. The van der Waals surface area contributed by atoms with E-state index in [2.05, 4.69) is 4.99 Å². The number of aliphatic hydroxyl groups excluding tert-OH is 1. The van der Waals surface area contributed by atoms with E-state index in [-0.39, 0.29) is 17.1 Å². The van der Waals surface area contributed by atoms with Crippen LogP contribution in [0.25, 0.3) is 0 Å². The number of nitrogens with zero attached hydrogens (tertiary/aromatic N) is 2. The number of ketones is 1. The highest BCUT2D eigenvalue weighted by atomic mass is 16.3. The van der Waals surface area contributed by atoms with E-state index in [1.807, 2.05) is 6.07 Å². The van der Waals surface area contributed by atoms with Crippen molar-refractivity contribution in [2.75, 3.05) is 0 Å². The van der Waals surface area contributed by atoms with Crippen LogP contribution < -0.4 is 0 Å². The van der Waals surface area contributed by atoms with E-state index in [0.717, 1.165) is 0 Å². The largest absolute Gasteiger partial charge is 0.512 e. The summed E-state index contributed by atoms with van der Waals surface area (Å²) in [4.78, 5) is 15.2. The molecule has 1 aromatic rings. The lowest BCUT2D eigenvalue weighted by Crippen LogP contribution is -2.01. The van der Waals surface area contributed by atoms with Crippen molar-refractivity contribution in [2.45, 2.75) is 13.8 Å². The third kappa shape index (κ3) is 3.58. The Labute approximate surface area is 99.5 Å². The number of aliphatic imine (C=N–C) groups is 1. The Morgan fingerprint density at radius 2 is 2.18 bits per heavy atom. The third-order valence-electron chi connectivity index (χ3n) is 2.09. The highest BCUT2D eigenvalue weighted by Crippen LogP contribution is 2.13. The van der Waals surface area contributed by atoms with Crippen molar-refractivity contribution in [1.82, 2.24) is 0 Å². The molecule has 4 nitrogen and oxygen atoms in total. The van der Waals surface area contributed by atoms with Crippen LogP contribution >= 0.6 is 0 Å². The molecule has 0 atom stereocenters. The zero-order valence-corrected chi connectivity index (χ0v) is 9.64. The second-order valence-corrected chi connectivity index (χ2v) is 3.48. The number of allylic oxidation sites excluding steroid dienone is 2. The van der Waals surface area contributed by atoms with Crippen molar-refractivity contribution in [1.29, 1.82) is 5.26 Å². The topological polar surface area (TPSA) is 73.5 Å². The van der Waals surface area contributed by atoms with Gasteiger partial charge in [-0.15, -0.1) is 0 Å². The van der Waals surface area contributed by atoms with Gasteiger partial charge in [-0.1, -0.05) is 6.07 Å². The molecule has 1 N–H and O–H groups in total. The molecule has 0 radical (unpaired) electrons. The summed E-state index contributed by atoms with van der Waals surface area (Å²) >= 11 is 0. The van der Waals surface area contributed by atoms with Gasteiger partial charge in [0.15, 0.2) is 5.78 Å². The molecule has 0 saturated carbocycles. The maximum absolute atomic E-state index is 11.2. The van der Waals surface area contributed by atoms with Crippen LogP contribution in [0.2, 0.25) is 0 Å². The predicted octanol–water partition coefficient (Wildman–Crippen LogP) is 2.68. The van der Waals surface area contributed by atoms with Gasteiger partial charge in [0.1, 0.15) is 5.76 Å². The number of benzene rings is 1. The van der Waals surface area contributed by atoms with E-state index < -0.39 is 0 Å². The van der Waals surface area contributed by atoms with Crippen molar-refractivity contribution < 1.29 is 9.90 Å². The maximum Gasteiger partial charge on any atom is 0.164 e. The van der Waals surface area contributed by atoms with Crippen LogP contribution in [0.3, 0.4) is 0 Å². The standard InChI is InChI=1S/C13H12N2O2/c1-9(16)13(10(2)17)8-15-12-5-3-4-11(6-12)7-14/h3-6,8,16H,1-2H3/b13-9-,15-8?. The maximum atomic E-state index is 11.2. The van der Waals surface area contributed by atoms with E-state index in [1.54, 1.807) is 24.3 Å². The van der Waals surface area contributed by atoms with Crippen molar-refractivity contribution in [3.63, 3.8) is 0 Å². The Balaban J connectivity index is 3.02. The first kappa shape index (κ1) is 12.7. The quantitative estimate of drug-likeness (QED) is 0.491. The predicted molar refractivity (Wildman–Crippen MR) is 65.3 cm³/mol. The van der Waals surface area contributed by atoms with Crippen molar-refractivity contribution in [2.24, 2.45) is 4.99 Å². The number of Topliss-reactive ketones (excluding diaryl/α,β-unsaturated/α-hetero) is 1. The van der Waals surface area contributed by atoms with E-state index in [4.69, 9.17) is 5.26 Å². The van der Waals surface area contributed by atoms with Gasteiger partial charge in [-0.3, -0.25) is 9.79 Å². The Morgan fingerprint density at radius 3 is 2.71 bits per heavy atom. The van der Waals surface area contributed by atoms with E-state index >= 15 is 0 Å². The molecule has 0 saturated heterocycles. The van der Waals surface area contributed by atoms with Gasteiger partial charge in [-0.2, -0.15) is 5.26 Å². The van der Waals surface area contributed by atoms with Crippen molar-refractivity contribution >= 4 is 17.7 Å². The SMILES string of the molecule is CC(=O)/C(C=Nc1cccc(C#N)c1)=C(/C)O. The van der Waals surface area contributed by atoms with E-state index in [1.165, 1.54) is 20.1 Å². The average molecular weight is 228 g/mol. The van der Waals surface area contributed by atoms with Crippen LogP contribution in [0.4, 0.5) is 5.69 Å². The zero-order valence-electron chi connectivity index (χ0n) is 9.64. The summed E-state index contributed by atoms with van der Waals surface area (Å²) in [5, 5.41) is 18.0. The van der Waals surface area contributed by atoms with Gasteiger partial charge in [-0.25, -0.2) is 0 Å². The average Bonchev–Trinajstić information content (AvgIpc) is 2.28. The molecule has 0 aromatic heterocycles. The van der Waals surface area contributed by atoms with Gasteiger partial charge >= 0.3 is 0 Å². The summed E-state index contributed by atoms with van der Waals surface area (Å²) in [7, 11) is 0. The highest BCUT2D eigenvalue weighted by Gasteiger charge is 2.04. The molecule has 0 unspecified atom stereocenters. The van der Waals surface area contributed by atoms with Crippen molar-refractivity contribution in [3.05, 3.63) is 41.2 Å². The minimum Gasteiger partial charge on any atom is -0.512 e. The van der Waals surface area contributed by atoms with Crippen LogP contribution in [-0.2, 0) is 4.79 Å². The summed E-state index contributed by atoms with van der Waals surface area (Å²) in [5.74, 6) is -0.331. The van der Waals surface area contributed by atoms with Crippen LogP contribution in [0, 0.1) is 11.3 Å². The molecule has 0 fully saturated rings. The fourth-order valence-electron chi connectivity index (χ4n) is 1.23. The molecule has 17 heavy (non-hydrogen) atoms. The lowest BCUT2D eigenvalue weighted by molar-refractivity contribution is -0.113. The normalized spacial score (nSPS) is 12.1. The Bertz CT molecular complexity index is 533. The molecule has 0 aliphatic heterocycles. The third-order valence-corrected chi connectivity index (χ3v) is 2.09. The smallest absolute Gasteiger partial charge is 0.164 e. The highest BCUT2D eigenvalue weighted by molar-refractivity contribution is 6.12. The van der Waals surface area contributed by atoms with E-state index in [0.29, 0.717) is 11.3 Å². The second kappa shape index (κ2) is 5.61. The van der Waals surface area contributed by atoms with Gasteiger partial charge in [0, 0.05) is 6.21 Å². The number of carbonyl (C=O) groups is 1. The fourth-order valence-corrected chi connectivity index (χ4v) is 1.23. The van der Waals surface area contributed by atoms with Crippen LogP contribution in [-0.4, -0.2) is 17.1 Å². The van der Waals surface area contributed by atoms with Crippen LogP contribution in [0.15, 0.2) is 40.6 Å². The van der Waals surface area contributed by atoms with Gasteiger partial charge < -0.3 is 5.11 Å². The molecule has 1 rings (SSSR count). The van der Waals surface area contributed by atoms with Crippen LogP contribution in [0.5, 0.6) is 0 Å².